The number of hydrogen-bond acceptors (Lipinski definition) is 3. The van der Waals surface area contributed by atoms with Crippen LogP contribution in [0.25, 0.3) is 0 Å². The summed E-state index contributed by atoms with van der Waals surface area (Å²) in [6, 6.07) is 6.39. The number of rotatable bonds is 4. The molecule has 0 amide bonds. The van der Waals surface area contributed by atoms with Gasteiger partial charge in [-0.05, 0) is 49.9 Å². The first-order chi connectivity index (χ1) is 11.6. The lowest BCUT2D eigenvalue weighted by atomic mass is 9.95. The first-order valence-corrected chi connectivity index (χ1v) is 10.2. The van der Waals surface area contributed by atoms with Crippen molar-refractivity contribution >= 4 is 23.4 Å². The second-order valence-electron chi connectivity index (χ2n) is 7.23. The number of nitrogens with two attached hydrogens (primary N) is 1. The first-order valence-electron chi connectivity index (χ1n) is 9.05. The quantitative estimate of drug-likeness (QED) is 0.648. The molecule has 0 bridgehead atoms. The van der Waals surface area contributed by atoms with Crippen molar-refractivity contribution in [3.8, 4) is 0 Å². The Labute approximate surface area is 150 Å². The van der Waals surface area contributed by atoms with Crippen LogP contribution in [0, 0.1) is 13.8 Å². The Morgan fingerprint density at radius 2 is 1.79 bits per heavy atom. The number of thioether (sulfide) groups is 1. The lowest BCUT2D eigenvalue weighted by molar-refractivity contribution is 0.112. The fourth-order valence-electron chi connectivity index (χ4n) is 4.11. The number of aryl methyl sites for hydroxylation is 2. The predicted octanol–water partition coefficient (Wildman–Crippen LogP) is 3.39. The number of hydrogen-bond donors (Lipinski definition) is 2. The van der Waals surface area contributed by atoms with Crippen LogP contribution in [-0.4, -0.2) is 47.5 Å². The lowest BCUT2D eigenvalue weighted by Gasteiger charge is -2.42. The van der Waals surface area contributed by atoms with Gasteiger partial charge in [-0.25, -0.2) is 0 Å². The van der Waals surface area contributed by atoms with E-state index in [4.69, 9.17) is 10.7 Å². The SMILES string of the molecule is Cc1cc(C)cc(NC(N)=NCC2(N3CCSCC3)CCCC2)c1. The molecule has 24 heavy (non-hydrogen) atoms. The smallest absolute Gasteiger partial charge is 0.193 e. The minimum atomic E-state index is 0.246. The van der Waals surface area contributed by atoms with Crippen molar-refractivity contribution in [3.63, 3.8) is 0 Å². The molecule has 0 unspecified atom stereocenters. The molecule has 132 valence electrons. The highest BCUT2D eigenvalue weighted by molar-refractivity contribution is 7.99. The predicted molar refractivity (Wildman–Crippen MR) is 106 cm³/mol. The van der Waals surface area contributed by atoms with Gasteiger partial charge in [0.25, 0.3) is 0 Å². The van der Waals surface area contributed by atoms with E-state index in [0.29, 0.717) is 5.96 Å². The largest absolute Gasteiger partial charge is 0.370 e. The van der Waals surface area contributed by atoms with Crippen molar-refractivity contribution < 1.29 is 0 Å². The zero-order chi connectivity index (χ0) is 17.0. The van der Waals surface area contributed by atoms with Crippen LogP contribution in [0.5, 0.6) is 0 Å². The second kappa shape index (κ2) is 7.79. The summed E-state index contributed by atoms with van der Waals surface area (Å²) in [5.41, 5.74) is 9.94. The molecule has 1 heterocycles. The van der Waals surface area contributed by atoms with Crippen LogP contribution in [0.2, 0.25) is 0 Å². The monoisotopic (exact) mass is 346 g/mol. The molecule has 1 aromatic rings. The van der Waals surface area contributed by atoms with E-state index in [1.54, 1.807) is 0 Å². The third kappa shape index (κ3) is 4.25. The molecule has 0 spiro atoms. The molecular weight excluding hydrogens is 316 g/mol. The summed E-state index contributed by atoms with van der Waals surface area (Å²) in [4.78, 5) is 7.43. The van der Waals surface area contributed by atoms with Gasteiger partial charge in [0.1, 0.15) is 0 Å². The fraction of sp³-hybridized carbons (Fsp3) is 0.632. The van der Waals surface area contributed by atoms with E-state index < -0.39 is 0 Å². The Morgan fingerprint density at radius 3 is 2.42 bits per heavy atom. The Bertz CT molecular complexity index is 567. The standard InChI is InChI=1S/C19H30N4S/c1-15-11-16(2)13-17(12-15)22-18(20)21-14-19(5-3-4-6-19)23-7-9-24-10-8-23/h11-13H,3-10,14H2,1-2H3,(H3,20,21,22). The molecule has 0 aromatic heterocycles. The van der Waals surface area contributed by atoms with E-state index in [1.165, 1.54) is 61.4 Å². The van der Waals surface area contributed by atoms with Gasteiger partial charge in [-0.3, -0.25) is 9.89 Å². The van der Waals surface area contributed by atoms with Gasteiger partial charge < -0.3 is 11.1 Å². The van der Waals surface area contributed by atoms with Crippen LogP contribution in [0.15, 0.2) is 23.2 Å². The van der Waals surface area contributed by atoms with Gasteiger partial charge in [0.2, 0.25) is 0 Å². The molecule has 3 N–H and O–H groups in total. The zero-order valence-corrected chi connectivity index (χ0v) is 15.8. The zero-order valence-electron chi connectivity index (χ0n) is 15.0. The first kappa shape index (κ1) is 17.6. The summed E-state index contributed by atoms with van der Waals surface area (Å²) in [5.74, 6) is 3.04. The Morgan fingerprint density at radius 1 is 1.17 bits per heavy atom. The molecule has 1 aliphatic carbocycles. The van der Waals surface area contributed by atoms with Crippen LogP contribution in [0.4, 0.5) is 5.69 Å². The molecule has 3 rings (SSSR count). The van der Waals surface area contributed by atoms with Gasteiger partial charge in [0.15, 0.2) is 5.96 Å². The van der Waals surface area contributed by atoms with Crippen molar-refractivity contribution in [2.45, 2.75) is 45.1 Å². The molecular formula is C19H30N4S. The van der Waals surface area contributed by atoms with Crippen molar-refractivity contribution in [3.05, 3.63) is 29.3 Å². The van der Waals surface area contributed by atoms with Gasteiger partial charge in [0.05, 0.1) is 6.54 Å². The number of anilines is 1. The normalized spacial score (nSPS) is 21.8. The lowest BCUT2D eigenvalue weighted by Crippen LogP contribution is -2.52. The average Bonchev–Trinajstić information content (AvgIpc) is 3.03. The Hall–Kier alpha value is -1.20. The average molecular weight is 347 g/mol. The number of nitrogens with one attached hydrogen (secondary N) is 1. The Balaban J connectivity index is 1.67. The van der Waals surface area contributed by atoms with E-state index in [2.05, 4.69) is 54.0 Å². The molecule has 5 heteroatoms. The van der Waals surface area contributed by atoms with Crippen LogP contribution in [0.3, 0.4) is 0 Å². The van der Waals surface area contributed by atoms with E-state index in [9.17, 15) is 0 Å². The number of guanidine groups is 1. The number of benzene rings is 1. The van der Waals surface area contributed by atoms with Crippen LogP contribution >= 0.6 is 11.8 Å². The topological polar surface area (TPSA) is 53.6 Å². The maximum absolute atomic E-state index is 6.19. The van der Waals surface area contributed by atoms with Crippen molar-refractivity contribution in [2.75, 3.05) is 36.5 Å². The highest BCUT2D eigenvalue weighted by Crippen LogP contribution is 2.37. The van der Waals surface area contributed by atoms with Crippen molar-refractivity contribution in [1.29, 1.82) is 0 Å². The summed E-state index contributed by atoms with van der Waals surface area (Å²) in [5, 5.41) is 3.27. The van der Waals surface area contributed by atoms with Gasteiger partial charge >= 0.3 is 0 Å². The number of nitrogens with zero attached hydrogens (tertiary/aromatic N) is 2. The van der Waals surface area contributed by atoms with Crippen molar-refractivity contribution in [2.24, 2.45) is 10.7 Å². The van der Waals surface area contributed by atoms with E-state index in [1.807, 2.05) is 0 Å². The molecule has 1 saturated heterocycles. The molecule has 2 fully saturated rings. The minimum absolute atomic E-state index is 0.246. The van der Waals surface area contributed by atoms with Gasteiger partial charge in [-0.15, -0.1) is 0 Å². The molecule has 1 saturated carbocycles. The molecule has 1 aliphatic heterocycles. The molecule has 4 nitrogen and oxygen atoms in total. The van der Waals surface area contributed by atoms with Gasteiger partial charge in [0, 0.05) is 35.8 Å². The summed E-state index contributed by atoms with van der Waals surface area (Å²) >= 11 is 2.07. The third-order valence-corrected chi connectivity index (χ3v) is 6.20. The van der Waals surface area contributed by atoms with E-state index >= 15 is 0 Å². The Kier molecular flexibility index (Phi) is 5.72. The molecule has 1 aromatic carbocycles. The summed E-state index contributed by atoms with van der Waals surface area (Å²) in [6.07, 6.45) is 5.17. The summed E-state index contributed by atoms with van der Waals surface area (Å²) < 4.78 is 0. The number of aliphatic imine (C=N–C) groups is 1. The fourth-order valence-corrected chi connectivity index (χ4v) is 5.01. The maximum Gasteiger partial charge on any atom is 0.193 e. The highest BCUT2D eigenvalue weighted by atomic mass is 32.2. The van der Waals surface area contributed by atoms with Crippen LogP contribution in [0.1, 0.15) is 36.8 Å². The second-order valence-corrected chi connectivity index (χ2v) is 8.46. The minimum Gasteiger partial charge on any atom is -0.370 e. The molecule has 2 aliphatic rings. The summed E-state index contributed by atoms with van der Waals surface area (Å²) in [7, 11) is 0. The van der Waals surface area contributed by atoms with Gasteiger partial charge in [-0.1, -0.05) is 18.9 Å². The van der Waals surface area contributed by atoms with E-state index in [0.717, 1.165) is 12.2 Å². The highest BCUT2D eigenvalue weighted by Gasteiger charge is 2.39. The van der Waals surface area contributed by atoms with Crippen molar-refractivity contribution in [1.82, 2.24) is 4.90 Å². The summed E-state index contributed by atoms with van der Waals surface area (Å²) in [6.45, 7) is 7.43. The third-order valence-electron chi connectivity index (χ3n) is 5.25. The van der Waals surface area contributed by atoms with Crippen LogP contribution < -0.4 is 11.1 Å². The van der Waals surface area contributed by atoms with Gasteiger partial charge in [-0.2, -0.15) is 11.8 Å². The van der Waals surface area contributed by atoms with Crippen LogP contribution in [-0.2, 0) is 0 Å². The molecule has 0 radical (unpaired) electrons. The maximum atomic E-state index is 6.19. The molecule has 0 atom stereocenters. The van der Waals surface area contributed by atoms with E-state index in [-0.39, 0.29) is 5.54 Å².